The number of amides is 1. The van der Waals surface area contributed by atoms with Gasteiger partial charge in [-0.3, -0.25) is 4.79 Å². The van der Waals surface area contributed by atoms with E-state index in [1.54, 1.807) is 12.0 Å². The fraction of sp³-hybridized carbons (Fsp3) is 0.688. The van der Waals surface area contributed by atoms with E-state index < -0.39 is 0 Å². The molecule has 0 aliphatic carbocycles. The summed E-state index contributed by atoms with van der Waals surface area (Å²) in [5, 5.41) is 0. The average Bonchev–Trinajstić information content (AvgIpc) is 2.63. The number of carbonyl (C=O) groups excluding carboxylic acids is 2. The Bertz CT molecular complexity index is 354. The summed E-state index contributed by atoms with van der Waals surface area (Å²) < 4.78 is 0. The summed E-state index contributed by atoms with van der Waals surface area (Å²) in [4.78, 5) is 24.4. The molecule has 1 aliphatic heterocycles. The van der Waals surface area contributed by atoms with Crippen molar-refractivity contribution >= 4 is 11.8 Å². The minimum atomic E-state index is 0.207. The lowest BCUT2D eigenvalue weighted by Crippen LogP contribution is -2.29. The van der Waals surface area contributed by atoms with Crippen LogP contribution in [0.3, 0.4) is 0 Å². The Hall–Kier alpha value is -1.34. The Balaban J connectivity index is 2.65. The minimum absolute atomic E-state index is 0.207. The van der Waals surface area contributed by atoms with Crippen LogP contribution in [0.25, 0.3) is 0 Å². The van der Waals surface area contributed by atoms with Crippen LogP contribution < -0.4 is 0 Å². The number of nitrogens with zero attached hydrogens (tertiary/aromatic N) is 1. The molecular weight excluding hydrogens is 238 g/mol. The van der Waals surface area contributed by atoms with Crippen molar-refractivity contribution in [1.29, 1.82) is 0 Å². The zero-order valence-electron chi connectivity index (χ0n) is 12.0. The number of rotatable bonds is 7. The lowest BCUT2D eigenvalue weighted by atomic mass is 10.1. The van der Waals surface area contributed by atoms with Crippen LogP contribution in [0.5, 0.6) is 0 Å². The standard InChI is InChI=1S/C16H25NO2/c1-2-3-4-6-10-15(11-9-14-18)17-13-8-5-7-12-16(17)19/h9,11H,2-8,10,12-13H2,1H3. The van der Waals surface area contributed by atoms with E-state index >= 15 is 0 Å². The number of unbranched alkanes of at least 4 members (excludes halogenated alkanes) is 3. The molecule has 0 unspecified atom stereocenters. The molecular formula is C16H25NO2. The smallest absolute Gasteiger partial charge is 0.226 e. The average molecular weight is 263 g/mol. The molecule has 0 aromatic carbocycles. The van der Waals surface area contributed by atoms with Gasteiger partial charge in [-0.25, -0.2) is 4.79 Å². The van der Waals surface area contributed by atoms with Crippen LogP contribution in [0.1, 0.15) is 64.7 Å². The Labute approximate surface area is 116 Å². The van der Waals surface area contributed by atoms with Crippen molar-refractivity contribution in [3.05, 3.63) is 17.8 Å². The summed E-state index contributed by atoms with van der Waals surface area (Å²) in [6.45, 7) is 2.98. The molecule has 3 heteroatoms. The first-order valence-corrected chi connectivity index (χ1v) is 7.50. The molecule has 1 amide bonds. The van der Waals surface area contributed by atoms with Crippen molar-refractivity contribution in [3.8, 4) is 0 Å². The fourth-order valence-electron chi connectivity index (χ4n) is 2.46. The Kier molecular flexibility index (Phi) is 7.92. The molecule has 0 radical (unpaired) electrons. The van der Waals surface area contributed by atoms with Crippen LogP contribution >= 0.6 is 0 Å². The van der Waals surface area contributed by atoms with Crippen LogP contribution in [0.4, 0.5) is 0 Å². The molecule has 0 saturated carbocycles. The molecule has 0 atom stereocenters. The molecule has 0 aromatic rings. The summed E-state index contributed by atoms with van der Waals surface area (Å²) in [5.74, 6) is 1.99. The van der Waals surface area contributed by atoms with E-state index in [2.05, 4.69) is 6.92 Å². The van der Waals surface area contributed by atoms with Crippen molar-refractivity contribution in [2.45, 2.75) is 64.7 Å². The Morgan fingerprint density at radius 3 is 2.84 bits per heavy atom. The zero-order valence-corrected chi connectivity index (χ0v) is 12.0. The van der Waals surface area contributed by atoms with E-state index in [9.17, 15) is 9.59 Å². The Morgan fingerprint density at radius 2 is 2.11 bits per heavy atom. The lowest BCUT2D eigenvalue weighted by Gasteiger charge is -2.23. The van der Waals surface area contributed by atoms with Crippen molar-refractivity contribution in [2.24, 2.45) is 0 Å². The first-order chi connectivity index (χ1) is 9.29. The lowest BCUT2D eigenvalue weighted by molar-refractivity contribution is -0.128. The van der Waals surface area contributed by atoms with Crippen molar-refractivity contribution in [2.75, 3.05) is 6.54 Å². The highest BCUT2D eigenvalue weighted by molar-refractivity contribution is 5.78. The highest BCUT2D eigenvalue weighted by Crippen LogP contribution is 2.20. The highest BCUT2D eigenvalue weighted by atomic mass is 16.2. The maximum atomic E-state index is 12.1. The summed E-state index contributed by atoms with van der Waals surface area (Å²) in [6, 6.07) is 0. The van der Waals surface area contributed by atoms with Crippen LogP contribution in [-0.2, 0) is 9.59 Å². The molecule has 0 N–H and O–H groups in total. The van der Waals surface area contributed by atoms with Crippen LogP contribution in [-0.4, -0.2) is 23.3 Å². The number of hydrogen-bond acceptors (Lipinski definition) is 2. The normalized spacial score (nSPS) is 17.0. The second-order valence-corrected chi connectivity index (χ2v) is 5.11. The van der Waals surface area contributed by atoms with Gasteiger partial charge in [0.15, 0.2) is 0 Å². The summed E-state index contributed by atoms with van der Waals surface area (Å²) in [6.07, 6.45) is 12.5. The first-order valence-electron chi connectivity index (χ1n) is 7.50. The molecule has 1 saturated heterocycles. The van der Waals surface area contributed by atoms with Gasteiger partial charge in [0, 0.05) is 24.7 Å². The molecule has 1 fully saturated rings. The largest absolute Gasteiger partial charge is 0.316 e. The predicted molar refractivity (Wildman–Crippen MR) is 77.3 cm³/mol. The van der Waals surface area contributed by atoms with Crippen molar-refractivity contribution in [3.63, 3.8) is 0 Å². The minimum Gasteiger partial charge on any atom is -0.316 e. The topological polar surface area (TPSA) is 37.4 Å². The zero-order chi connectivity index (χ0) is 13.9. The van der Waals surface area contributed by atoms with Gasteiger partial charge < -0.3 is 4.90 Å². The Morgan fingerprint density at radius 1 is 1.26 bits per heavy atom. The third-order valence-corrected chi connectivity index (χ3v) is 3.55. The molecule has 106 valence electrons. The van der Waals surface area contributed by atoms with E-state index in [1.807, 2.05) is 4.90 Å². The van der Waals surface area contributed by atoms with Gasteiger partial charge in [0.2, 0.25) is 5.91 Å². The van der Waals surface area contributed by atoms with E-state index in [1.165, 1.54) is 25.3 Å². The van der Waals surface area contributed by atoms with E-state index in [4.69, 9.17) is 0 Å². The van der Waals surface area contributed by atoms with Gasteiger partial charge in [-0.2, -0.15) is 0 Å². The first kappa shape index (κ1) is 15.7. The summed E-state index contributed by atoms with van der Waals surface area (Å²) >= 11 is 0. The second-order valence-electron chi connectivity index (χ2n) is 5.11. The van der Waals surface area contributed by atoms with Crippen molar-refractivity contribution < 1.29 is 9.59 Å². The monoisotopic (exact) mass is 263 g/mol. The maximum absolute atomic E-state index is 12.1. The van der Waals surface area contributed by atoms with Crippen LogP contribution in [0, 0.1) is 0 Å². The summed E-state index contributed by atoms with van der Waals surface area (Å²) in [7, 11) is 0. The van der Waals surface area contributed by atoms with E-state index in [0.29, 0.717) is 6.42 Å². The SMILES string of the molecule is CCCCCCC(=CC=C=O)N1CCCCCC1=O. The summed E-state index contributed by atoms with van der Waals surface area (Å²) in [5.41, 5.74) is 0.992. The molecule has 0 spiro atoms. The van der Waals surface area contributed by atoms with Gasteiger partial charge in [0.25, 0.3) is 0 Å². The molecule has 0 bridgehead atoms. The van der Waals surface area contributed by atoms with Gasteiger partial charge in [-0.05, 0) is 31.8 Å². The number of likely N-dealkylation sites (tertiary alicyclic amines) is 1. The second kappa shape index (κ2) is 9.57. The van der Waals surface area contributed by atoms with Crippen LogP contribution in [0.15, 0.2) is 17.8 Å². The molecule has 0 aromatic heterocycles. The van der Waals surface area contributed by atoms with E-state index in [0.717, 1.165) is 44.3 Å². The number of hydrogen-bond donors (Lipinski definition) is 0. The van der Waals surface area contributed by atoms with Crippen molar-refractivity contribution in [1.82, 2.24) is 4.90 Å². The van der Waals surface area contributed by atoms with Crippen LogP contribution in [0.2, 0.25) is 0 Å². The molecule has 19 heavy (non-hydrogen) atoms. The third kappa shape index (κ3) is 5.89. The van der Waals surface area contributed by atoms with Gasteiger partial charge in [0.05, 0.1) is 0 Å². The predicted octanol–water partition coefficient (Wildman–Crippen LogP) is 3.63. The van der Waals surface area contributed by atoms with Gasteiger partial charge in [-0.15, -0.1) is 0 Å². The molecule has 1 aliphatic rings. The quantitative estimate of drug-likeness (QED) is 0.399. The number of allylic oxidation sites excluding steroid dienone is 3. The number of carbonyl (C=O) groups is 1. The van der Waals surface area contributed by atoms with Gasteiger partial charge >= 0.3 is 0 Å². The van der Waals surface area contributed by atoms with Gasteiger partial charge in [-0.1, -0.05) is 32.6 Å². The third-order valence-electron chi connectivity index (χ3n) is 3.55. The molecule has 1 rings (SSSR count). The van der Waals surface area contributed by atoms with E-state index in [-0.39, 0.29) is 5.91 Å². The van der Waals surface area contributed by atoms with Gasteiger partial charge in [0.1, 0.15) is 5.94 Å². The molecule has 1 heterocycles. The maximum Gasteiger partial charge on any atom is 0.226 e. The highest BCUT2D eigenvalue weighted by Gasteiger charge is 2.19. The fourth-order valence-corrected chi connectivity index (χ4v) is 2.46. The molecule has 3 nitrogen and oxygen atoms in total.